The van der Waals surface area contributed by atoms with E-state index in [1.807, 2.05) is 11.4 Å². The molecule has 5 nitrogen and oxygen atoms in total. The lowest BCUT2D eigenvalue weighted by Gasteiger charge is -2.05. The molecule has 0 unspecified atom stereocenters. The molecule has 0 aliphatic carbocycles. The van der Waals surface area contributed by atoms with E-state index in [4.69, 9.17) is 9.84 Å². The van der Waals surface area contributed by atoms with Crippen LogP contribution in [-0.4, -0.2) is 28.6 Å². The Kier molecular flexibility index (Phi) is 4.93. The van der Waals surface area contributed by atoms with Crippen molar-refractivity contribution in [3.8, 4) is 17.7 Å². The lowest BCUT2D eigenvalue weighted by molar-refractivity contribution is 0.305. The summed E-state index contributed by atoms with van der Waals surface area (Å²) in [6.45, 7) is 0.403. The number of aliphatic hydroxyl groups is 1. The largest absolute Gasteiger partial charge is 0.480 e. The Morgan fingerprint density at radius 3 is 3.05 bits per heavy atom. The van der Waals surface area contributed by atoms with Crippen LogP contribution >= 0.6 is 11.3 Å². The molecule has 20 heavy (non-hydrogen) atoms. The normalized spacial score (nSPS) is 9.90. The molecule has 0 amide bonds. The van der Waals surface area contributed by atoms with Gasteiger partial charge in [0.25, 0.3) is 5.56 Å². The third kappa shape index (κ3) is 3.47. The van der Waals surface area contributed by atoms with E-state index in [0.717, 1.165) is 10.4 Å². The van der Waals surface area contributed by atoms with Crippen molar-refractivity contribution in [2.75, 3.05) is 13.7 Å². The standard InChI is InChI=1S/C14H14N2O3S/c1-19-13-5-6-14(18)16(15-13)10-12-11(7-9-20-12)4-2-3-8-17/h5-7,9,17H,3,8,10H2,1H3. The fraction of sp³-hybridized carbons (Fsp3) is 0.286. The monoisotopic (exact) mass is 290 g/mol. The number of nitrogens with zero attached hydrogens (tertiary/aromatic N) is 2. The van der Waals surface area contributed by atoms with Gasteiger partial charge in [-0.25, -0.2) is 4.68 Å². The van der Waals surface area contributed by atoms with Gasteiger partial charge in [0, 0.05) is 29.0 Å². The zero-order valence-corrected chi connectivity index (χ0v) is 11.8. The maximum absolute atomic E-state index is 11.8. The number of rotatable bonds is 4. The summed E-state index contributed by atoms with van der Waals surface area (Å²) in [6, 6.07) is 4.86. The number of hydrogen-bond donors (Lipinski definition) is 1. The smallest absolute Gasteiger partial charge is 0.267 e. The van der Waals surface area contributed by atoms with Crippen molar-refractivity contribution < 1.29 is 9.84 Å². The minimum absolute atomic E-state index is 0.0450. The first kappa shape index (κ1) is 14.3. The fourth-order valence-electron chi connectivity index (χ4n) is 1.58. The molecule has 0 atom stereocenters. The molecule has 0 aromatic carbocycles. The summed E-state index contributed by atoms with van der Waals surface area (Å²) in [5.41, 5.74) is 0.674. The molecule has 0 aliphatic heterocycles. The van der Waals surface area contributed by atoms with E-state index in [1.54, 1.807) is 0 Å². The van der Waals surface area contributed by atoms with Crippen LogP contribution in [0.3, 0.4) is 0 Å². The predicted octanol–water partition coefficient (Wildman–Crippen LogP) is 1.10. The van der Waals surface area contributed by atoms with Crippen molar-refractivity contribution in [2.45, 2.75) is 13.0 Å². The second kappa shape index (κ2) is 6.89. The highest BCUT2D eigenvalue weighted by atomic mass is 32.1. The molecule has 0 fully saturated rings. The van der Waals surface area contributed by atoms with Gasteiger partial charge in [-0.1, -0.05) is 11.8 Å². The lowest BCUT2D eigenvalue weighted by atomic mass is 10.2. The Balaban J connectivity index is 2.25. The number of ether oxygens (including phenoxy) is 1. The maximum Gasteiger partial charge on any atom is 0.267 e. The zero-order chi connectivity index (χ0) is 14.4. The van der Waals surface area contributed by atoms with Crippen LogP contribution in [0.15, 0.2) is 28.4 Å². The highest BCUT2D eigenvalue weighted by Crippen LogP contribution is 2.16. The van der Waals surface area contributed by atoms with Gasteiger partial charge < -0.3 is 9.84 Å². The van der Waals surface area contributed by atoms with Gasteiger partial charge in [-0.2, -0.15) is 0 Å². The molecule has 0 radical (unpaired) electrons. The minimum atomic E-state index is -0.187. The van der Waals surface area contributed by atoms with Crippen molar-refractivity contribution in [1.29, 1.82) is 0 Å². The topological polar surface area (TPSA) is 64.3 Å². The second-order valence-corrected chi connectivity index (χ2v) is 4.91. The third-order valence-electron chi connectivity index (χ3n) is 2.55. The first-order valence-electron chi connectivity index (χ1n) is 6.03. The molecule has 0 spiro atoms. The molecule has 2 heterocycles. The van der Waals surface area contributed by atoms with Crippen molar-refractivity contribution >= 4 is 11.3 Å². The van der Waals surface area contributed by atoms with E-state index in [-0.39, 0.29) is 12.2 Å². The highest BCUT2D eigenvalue weighted by Gasteiger charge is 2.06. The molecule has 2 aromatic heterocycles. The number of methoxy groups -OCH3 is 1. The average molecular weight is 290 g/mol. The molecule has 6 heteroatoms. The molecule has 104 valence electrons. The van der Waals surface area contributed by atoms with E-state index in [9.17, 15) is 4.79 Å². The Labute approximate surface area is 120 Å². The summed E-state index contributed by atoms with van der Waals surface area (Å²) in [5, 5.41) is 14.7. The maximum atomic E-state index is 11.8. The summed E-state index contributed by atoms with van der Waals surface area (Å²) in [6.07, 6.45) is 0.437. The SMILES string of the molecule is COc1ccc(=O)n(Cc2sccc2C#CCCO)n1. The highest BCUT2D eigenvalue weighted by molar-refractivity contribution is 7.10. The summed E-state index contributed by atoms with van der Waals surface area (Å²) < 4.78 is 6.36. The van der Waals surface area contributed by atoms with Crippen LogP contribution in [0.5, 0.6) is 5.88 Å². The Morgan fingerprint density at radius 1 is 1.45 bits per heavy atom. The quantitative estimate of drug-likeness (QED) is 0.856. The molecule has 0 saturated heterocycles. The van der Waals surface area contributed by atoms with E-state index in [0.29, 0.717) is 18.8 Å². The molecule has 2 rings (SSSR count). The van der Waals surface area contributed by atoms with Crippen LogP contribution in [0.2, 0.25) is 0 Å². The average Bonchev–Trinajstić information content (AvgIpc) is 2.89. The second-order valence-electron chi connectivity index (χ2n) is 3.90. The molecular weight excluding hydrogens is 276 g/mol. The van der Waals surface area contributed by atoms with Crippen molar-refractivity contribution in [3.63, 3.8) is 0 Å². The van der Waals surface area contributed by atoms with Crippen LogP contribution in [0.4, 0.5) is 0 Å². The molecule has 1 N–H and O–H groups in total. The van der Waals surface area contributed by atoms with Gasteiger partial charge in [0.2, 0.25) is 5.88 Å². The number of hydrogen-bond acceptors (Lipinski definition) is 5. The Bertz CT molecular complexity index is 694. The van der Waals surface area contributed by atoms with Gasteiger partial charge in [0.05, 0.1) is 20.3 Å². The van der Waals surface area contributed by atoms with Gasteiger partial charge in [-0.05, 0) is 11.4 Å². The lowest BCUT2D eigenvalue weighted by Crippen LogP contribution is -2.22. The van der Waals surface area contributed by atoms with Gasteiger partial charge in [0.15, 0.2) is 0 Å². The number of aliphatic hydroxyl groups excluding tert-OH is 1. The first-order valence-corrected chi connectivity index (χ1v) is 6.91. The van der Waals surface area contributed by atoms with Crippen LogP contribution < -0.4 is 10.3 Å². The van der Waals surface area contributed by atoms with E-state index in [2.05, 4.69) is 16.9 Å². The first-order chi connectivity index (χ1) is 9.74. The van der Waals surface area contributed by atoms with Crippen LogP contribution in [0.25, 0.3) is 0 Å². The van der Waals surface area contributed by atoms with Crippen molar-refractivity contribution in [2.24, 2.45) is 0 Å². The van der Waals surface area contributed by atoms with E-state index < -0.39 is 0 Å². The Hall–Kier alpha value is -2.10. The van der Waals surface area contributed by atoms with Gasteiger partial charge in [-0.15, -0.1) is 16.4 Å². The van der Waals surface area contributed by atoms with Crippen molar-refractivity contribution in [3.05, 3.63) is 44.4 Å². The zero-order valence-electron chi connectivity index (χ0n) is 11.0. The molecule has 0 aliphatic rings. The number of thiophene rings is 1. The van der Waals surface area contributed by atoms with Gasteiger partial charge in [0.1, 0.15) is 0 Å². The summed E-state index contributed by atoms with van der Waals surface area (Å²) in [7, 11) is 1.51. The summed E-state index contributed by atoms with van der Waals surface area (Å²) in [5.74, 6) is 6.26. The number of aromatic nitrogens is 2. The minimum Gasteiger partial charge on any atom is -0.480 e. The predicted molar refractivity (Wildman–Crippen MR) is 77.1 cm³/mol. The summed E-state index contributed by atoms with van der Waals surface area (Å²) >= 11 is 1.52. The molecule has 0 saturated carbocycles. The fourth-order valence-corrected chi connectivity index (χ4v) is 2.39. The third-order valence-corrected chi connectivity index (χ3v) is 3.46. The molecule has 0 bridgehead atoms. The molecule has 2 aromatic rings. The van der Waals surface area contributed by atoms with Gasteiger partial charge in [-0.3, -0.25) is 4.79 Å². The van der Waals surface area contributed by atoms with Crippen LogP contribution in [0.1, 0.15) is 16.9 Å². The van der Waals surface area contributed by atoms with Crippen molar-refractivity contribution in [1.82, 2.24) is 9.78 Å². The van der Waals surface area contributed by atoms with Crippen LogP contribution in [-0.2, 0) is 6.54 Å². The van der Waals surface area contributed by atoms with Crippen LogP contribution in [0, 0.1) is 11.8 Å². The molecular formula is C14H14N2O3S. The van der Waals surface area contributed by atoms with E-state index in [1.165, 1.54) is 35.3 Å². The van der Waals surface area contributed by atoms with Gasteiger partial charge >= 0.3 is 0 Å². The summed E-state index contributed by atoms with van der Waals surface area (Å²) in [4.78, 5) is 12.7. The Morgan fingerprint density at radius 2 is 2.30 bits per heavy atom. The van der Waals surface area contributed by atoms with E-state index >= 15 is 0 Å².